The molecule has 0 N–H and O–H groups in total. The van der Waals surface area contributed by atoms with E-state index in [1.54, 1.807) is 0 Å². The third-order valence-corrected chi connectivity index (χ3v) is 0.902. The molecule has 0 aromatic heterocycles. The normalized spacial score (nSPS) is 9.80. The van der Waals surface area contributed by atoms with Crippen molar-refractivity contribution in [3.8, 4) is 0 Å². The van der Waals surface area contributed by atoms with Crippen molar-refractivity contribution >= 4 is 12.2 Å². The molecule has 56 valence electrons. The van der Waals surface area contributed by atoms with Gasteiger partial charge in [0.15, 0.2) is 0 Å². The second-order valence-corrected chi connectivity index (χ2v) is 1.51. The Labute approximate surface area is 59.0 Å². The van der Waals surface area contributed by atoms with Crippen molar-refractivity contribution in [2.45, 2.75) is 0 Å². The average molecular weight is 143 g/mol. The van der Waals surface area contributed by atoms with Crippen LogP contribution in [0.25, 0.3) is 0 Å². The van der Waals surface area contributed by atoms with Gasteiger partial charge in [-0.2, -0.15) is 0 Å². The number of carbonyl (C=O) groups excluding carboxylic acids is 2. The fourth-order valence-corrected chi connectivity index (χ4v) is 0.317. The first-order valence-corrected chi connectivity index (χ1v) is 2.66. The standard InChI is InChI=1S/C6H9NO3/c1-7(10-2)6(9)4-3-5-8/h3-5H,1-2H3/b4-3+. The summed E-state index contributed by atoms with van der Waals surface area (Å²) in [6.45, 7) is 0. The zero-order chi connectivity index (χ0) is 7.98. The minimum Gasteiger partial charge on any atom is -0.299 e. The molecule has 0 saturated heterocycles. The smallest absolute Gasteiger partial charge is 0.269 e. The van der Waals surface area contributed by atoms with Crippen molar-refractivity contribution in [2.75, 3.05) is 14.2 Å². The number of hydrogen-bond acceptors (Lipinski definition) is 3. The molecule has 0 heterocycles. The van der Waals surface area contributed by atoms with Gasteiger partial charge in [0.1, 0.15) is 6.29 Å². The van der Waals surface area contributed by atoms with E-state index in [0.717, 1.165) is 17.2 Å². The maximum Gasteiger partial charge on any atom is 0.269 e. The van der Waals surface area contributed by atoms with Crippen LogP contribution in [0.2, 0.25) is 0 Å². The quantitative estimate of drug-likeness (QED) is 0.311. The molecule has 0 fully saturated rings. The lowest BCUT2D eigenvalue weighted by Gasteiger charge is -2.09. The second kappa shape index (κ2) is 4.69. The van der Waals surface area contributed by atoms with E-state index in [1.165, 1.54) is 14.2 Å². The Morgan fingerprint density at radius 2 is 2.20 bits per heavy atom. The Kier molecular flexibility index (Phi) is 4.15. The summed E-state index contributed by atoms with van der Waals surface area (Å²) in [5.41, 5.74) is 0. The van der Waals surface area contributed by atoms with Crippen molar-refractivity contribution in [1.29, 1.82) is 0 Å². The molecular formula is C6H9NO3. The lowest BCUT2D eigenvalue weighted by molar-refractivity contribution is -0.162. The highest BCUT2D eigenvalue weighted by atomic mass is 16.7. The number of rotatable bonds is 3. The van der Waals surface area contributed by atoms with Gasteiger partial charge in [0.2, 0.25) is 0 Å². The molecule has 1 amide bonds. The van der Waals surface area contributed by atoms with Crippen LogP contribution in [0.5, 0.6) is 0 Å². The van der Waals surface area contributed by atoms with Gasteiger partial charge in [-0.3, -0.25) is 14.4 Å². The molecule has 10 heavy (non-hydrogen) atoms. The molecule has 0 unspecified atom stereocenters. The van der Waals surface area contributed by atoms with E-state index in [2.05, 4.69) is 4.84 Å². The molecule has 0 aliphatic heterocycles. The minimum atomic E-state index is -0.366. The molecular weight excluding hydrogens is 134 g/mol. The molecule has 0 atom stereocenters. The largest absolute Gasteiger partial charge is 0.299 e. The molecule has 0 aliphatic rings. The highest BCUT2D eigenvalue weighted by molar-refractivity contribution is 5.90. The van der Waals surface area contributed by atoms with Gasteiger partial charge in [0, 0.05) is 13.1 Å². The molecule has 4 heteroatoms. The molecule has 0 spiro atoms. The second-order valence-electron chi connectivity index (χ2n) is 1.51. The van der Waals surface area contributed by atoms with Gasteiger partial charge in [0.05, 0.1) is 7.11 Å². The molecule has 4 nitrogen and oxygen atoms in total. The van der Waals surface area contributed by atoms with Crippen molar-refractivity contribution in [3.05, 3.63) is 12.2 Å². The SMILES string of the molecule is CON(C)C(=O)/C=C/C=O. The van der Waals surface area contributed by atoms with Crippen molar-refractivity contribution in [1.82, 2.24) is 5.06 Å². The maximum atomic E-state index is 10.7. The Bertz CT molecular complexity index is 153. The van der Waals surface area contributed by atoms with Crippen LogP contribution in [0, 0.1) is 0 Å². The fourth-order valence-electron chi connectivity index (χ4n) is 0.317. The van der Waals surface area contributed by atoms with E-state index in [1.807, 2.05) is 0 Å². The van der Waals surface area contributed by atoms with Gasteiger partial charge in [-0.15, -0.1) is 0 Å². The molecule has 0 radical (unpaired) electrons. The number of hydroxylamine groups is 2. The van der Waals surface area contributed by atoms with Gasteiger partial charge in [0.25, 0.3) is 5.91 Å². The Morgan fingerprint density at radius 3 is 2.60 bits per heavy atom. The molecule has 0 bridgehead atoms. The van der Waals surface area contributed by atoms with Crippen molar-refractivity contribution in [2.24, 2.45) is 0 Å². The first-order chi connectivity index (χ1) is 4.72. The maximum absolute atomic E-state index is 10.7. The summed E-state index contributed by atoms with van der Waals surface area (Å²) in [6.07, 6.45) is 2.76. The number of carbonyl (C=O) groups is 2. The average Bonchev–Trinajstić information content (AvgIpc) is 1.98. The summed E-state index contributed by atoms with van der Waals surface area (Å²) in [7, 11) is 2.82. The van der Waals surface area contributed by atoms with Gasteiger partial charge in [-0.25, -0.2) is 5.06 Å². The third kappa shape index (κ3) is 2.99. The molecule has 0 saturated carbocycles. The van der Waals surface area contributed by atoms with Gasteiger partial charge in [-0.1, -0.05) is 0 Å². The van der Waals surface area contributed by atoms with Crippen LogP contribution in [0.15, 0.2) is 12.2 Å². The van der Waals surface area contributed by atoms with Gasteiger partial charge < -0.3 is 0 Å². The molecule has 0 aromatic carbocycles. The highest BCUT2D eigenvalue weighted by Gasteiger charge is 2.00. The Morgan fingerprint density at radius 1 is 1.60 bits per heavy atom. The third-order valence-electron chi connectivity index (χ3n) is 0.902. The summed E-state index contributed by atoms with van der Waals surface area (Å²) in [6, 6.07) is 0. The predicted octanol–water partition coefficient (Wildman–Crippen LogP) is -0.239. The summed E-state index contributed by atoms with van der Waals surface area (Å²) in [4.78, 5) is 24.9. The van der Waals surface area contributed by atoms with Crippen molar-refractivity contribution < 1.29 is 14.4 Å². The number of amides is 1. The van der Waals surface area contributed by atoms with Crippen molar-refractivity contribution in [3.63, 3.8) is 0 Å². The van der Waals surface area contributed by atoms with E-state index in [-0.39, 0.29) is 5.91 Å². The van der Waals surface area contributed by atoms with Crippen LogP contribution in [0.3, 0.4) is 0 Å². The van der Waals surface area contributed by atoms with E-state index in [4.69, 9.17) is 0 Å². The number of aldehydes is 1. The molecule has 0 aliphatic carbocycles. The van der Waals surface area contributed by atoms with E-state index < -0.39 is 0 Å². The zero-order valence-electron chi connectivity index (χ0n) is 5.90. The summed E-state index contributed by atoms with van der Waals surface area (Å²) < 4.78 is 0. The van der Waals surface area contributed by atoms with Crippen LogP contribution < -0.4 is 0 Å². The number of hydrogen-bond donors (Lipinski definition) is 0. The van der Waals surface area contributed by atoms with Crippen LogP contribution in [-0.2, 0) is 14.4 Å². The zero-order valence-corrected chi connectivity index (χ0v) is 5.90. The predicted molar refractivity (Wildman–Crippen MR) is 35.0 cm³/mol. The van der Waals surface area contributed by atoms with Crippen LogP contribution in [-0.4, -0.2) is 31.4 Å². The van der Waals surface area contributed by atoms with Crippen LogP contribution in [0.1, 0.15) is 0 Å². The lowest BCUT2D eigenvalue weighted by atomic mass is 10.5. The topological polar surface area (TPSA) is 46.6 Å². The first-order valence-electron chi connectivity index (χ1n) is 2.66. The summed E-state index contributed by atoms with van der Waals surface area (Å²) in [5, 5.41) is 1.01. The van der Waals surface area contributed by atoms with Gasteiger partial charge in [-0.05, 0) is 6.08 Å². The summed E-state index contributed by atoms with van der Waals surface area (Å²) in [5.74, 6) is -0.366. The van der Waals surface area contributed by atoms with Gasteiger partial charge >= 0.3 is 0 Å². The molecule has 0 aromatic rings. The number of allylic oxidation sites excluding steroid dienone is 1. The minimum absolute atomic E-state index is 0.366. The highest BCUT2D eigenvalue weighted by Crippen LogP contribution is 1.84. The number of likely N-dealkylation sites (N-methyl/N-ethyl adjacent to an activating group) is 1. The van der Waals surface area contributed by atoms with Crippen LogP contribution in [0.4, 0.5) is 0 Å². The monoisotopic (exact) mass is 143 g/mol. The fraction of sp³-hybridized carbons (Fsp3) is 0.333. The Hall–Kier alpha value is -1.16. The van der Waals surface area contributed by atoms with Crippen LogP contribution >= 0.6 is 0 Å². The molecule has 0 rings (SSSR count). The van der Waals surface area contributed by atoms with E-state index >= 15 is 0 Å². The van der Waals surface area contributed by atoms with E-state index in [0.29, 0.717) is 6.29 Å². The van der Waals surface area contributed by atoms with E-state index in [9.17, 15) is 9.59 Å². The number of nitrogens with zero attached hydrogens (tertiary/aromatic N) is 1. The first kappa shape index (κ1) is 8.84. The lowest BCUT2D eigenvalue weighted by Crippen LogP contribution is -2.23. The Balaban J connectivity index is 3.83. The summed E-state index contributed by atoms with van der Waals surface area (Å²) >= 11 is 0.